The van der Waals surface area contributed by atoms with Crippen LogP contribution in [0.25, 0.3) is 0 Å². The minimum Gasteiger partial charge on any atom is -0.497 e. The molecule has 2 rings (SSSR count). The molecular weight excluding hydrogens is 298 g/mol. The lowest BCUT2D eigenvalue weighted by Crippen LogP contribution is -2.24. The second-order valence-corrected chi connectivity index (χ2v) is 5.59. The van der Waals surface area contributed by atoms with Gasteiger partial charge in [0.05, 0.1) is 7.11 Å². The molecule has 1 fully saturated rings. The fourth-order valence-electron chi connectivity index (χ4n) is 2.56. The number of ether oxygens (including phenoxy) is 1. The van der Waals surface area contributed by atoms with E-state index in [4.69, 9.17) is 24.5 Å². The van der Waals surface area contributed by atoms with Gasteiger partial charge >= 0.3 is 11.9 Å². The number of methoxy groups -OCH3 is 1. The van der Waals surface area contributed by atoms with Crippen molar-refractivity contribution in [3.05, 3.63) is 29.8 Å². The number of hydrogen-bond acceptors (Lipinski definition) is 4. The van der Waals surface area contributed by atoms with Gasteiger partial charge in [-0.1, -0.05) is 31.4 Å². The number of rotatable bonds is 5. The Morgan fingerprint density at radius 2 is 1.65 bits per heavy atom. The van der Waals surface area contributed by atoms with Gasteiger partial charge in [0, 0.05) is 6.54 Å². The van der Waals surface area contributed by atoms with E-state index in [-0.39, 0.29) is 0 Å². The van der Waals surface area contributed by atoms with Crippen LogP contribution in [0.4, 0.5) is 0 Å². The smallest absolute Gasteiger partial charge is 0.414 e. The van der Waals surface area contributed by atoms with Gasteiger partial charge in [-0.25, -0.2) is 9.59 Å². The number of aliphatic carboxylic acids is 2. The lowest BCUT2D eigenvalue weighted by atomic mass is 9.89. The van der Waals surface area contributed by atoms with E-state index in [1.165, 1.54) is 44.2 Å². The molecule has 0 spiro atoms. The summed E-state index contributed by atoms with van der Waals surface area (Å²) in [6.45, 7) is 2.15. The van der Waals surface area contributed by atoms with E-state index >= 15 is 0 Å². The van der Waals surface area contributed by atoms with Gasteiger partial charge in [0.2, 0.25) is 0 Å². The van der Waals surface area contributed by atoms with Crippen LogP contribution in [-0.2, 0) is 16.1 Å². The lowest BCUT2D eigenvalue weighted by Gasteiger charge is -2.21. The first-order valence-electron chi connectivity index (χ1n) is 7.82. The summed E-state index contributed by atoms with van der Waals surface area (Å²) in [5, 5.41) is 18.4. The van der Waals surface area contributed by atoms with Crippen LogP contribution in [0.3, 0.4) is 0 Å². The molecule has 1 aromatic carbocycles. The molecule has 6 nitrogen and oxygen atoms in total. The van der Waals surface area contributed by atoms with E-state index in [2.05, 4.69) is 17.4 Å². The van der Waals surface area contributed by atoms with Gasteiger partial charge in [0.25, 0.3) is 0 Å². The molecule has 0 saturated heterocycles. The molecule has 23 heavy (non-hydrogen) atoms. The van der Waals surface area contributed by atoms with Crippen molar-refractivity contribution in [3.63, 3.8) is 0 Å². The van der Waals surface area contributed by atoms with Crippen LogP contribution in [0.15, 0.2) is 24.3 Å². The molecule has 1 aromatic rings. The third-order valence-corrected chi connectivity index (χ3v) is 3.83. The zero-order valence-corrected chi connectivity index (χ0v) is 13.5. The van der Waals surface area contributed by atoms with E-state index < -0.39 is 11.9 Å². The van der Waals surface area contributed by atoms with E-state index in [9.17, 15) is 0 Å². The normalized spacial score (nSPS) is 14.5. The summed E-state index contributed by atoms with van der Waals surface area (Å²) in [7, 11) is 1.70. The number of carboxylic acid groups (broad SMARTS) is 2. The summed E-state index contributed by atoms with van der Waals surface area (Å²) in [5.41, 5.74) is 1.33. The first-order chi connectivity index (χ1) is 11.0. The van der Waals surface area contributed by atoms with Crippen LogP contribution in [0.2, 0.25) is 0 Å². The molecule has 1 aliphatic rings. The maximum Gasteiger partial charge on any atom is 0.414 e. The SMILES string of the molecule is COc1ccc(CNCC2CCCCC2)cc1.O=C(O)C(=O)O. The van der Waals surface area contributed by atoms with Gasteiger partial charge in [-0.05, 0) is 43.0 Å². The Morgan fingerprint density at radius 3 is 2.13 bits per heavy atom. The Labute approximate surface area is 136 Å². The van der Waals surface area contributed by atoms with Crippen molar-refractivity contribution < 1.29 is 24.5 Å². The summed E-state index contributed by atoms with van der Waals surface area (Å²) >= 11 is 0. The van der Waals surface area contributed by atoms with E-state index in [1.807, 2.05) is 12.1 Å². The molecule has 0 unspecified atom stereocenters. The molecule has 0 heterocycles. The summed E-state index contributed by atoms with van der Waals surface area (Å²) in [5.74, 6) is -1.81. The van der Waals surface area contributed by atoms with Crippen molar-refractivity contribution in [1.29, 1.82) is 0 Å². The minimum atomic E-state index is -1.82. The predicted octanol–water partition coefficient (Wildman–Crippen LogP) is 2.52. The molecule has 3 N–H and O–H groups in total. The topological polar surface area (TPSA) is 95.9 Å². The van der Waals surface area contributed by atoms with Crippen molar-refractivity contribution in [2.45, 2.75) is 38.6 Å². The zero-order chi connectivity index (χ0) is 17.1. The molecule has 6 heteroatoms. The van der Waals surface area contributed by atoms with Crippen LogP contribution in [0, 0.1) is 5.92 Å². The first-order valence-corrected chi connectivity index (χ1v) is 7.82. The van der Waals surface area contributed by atoms with Gasteiger partial charge in [0.15, 0.2) is 0 Å². The standard InChI is InChI=1S/C15H23NO.C2H2O4/c1-17-15-9-7-14(8-10-15)12-16-11-13-5-3-2-4-6-13;3-1(4)2(5)6/h7-10,13,16H,2-6,11-12H2,1H3;(H,3,4)(H,5,6). The van der Waals surface area contributed by atoms with Crippen molar-refractivity contribution >= 4 is 11.9 Å². The van der Waals surface area contributed by atoms with Crippen LogP contribution in [0.5, 0.6) is 5.75 Å². The zero-order valence-electron chi connectivity index (χ0n) is 13.5. The summed E-state index contributed by atoms with van der Waals surface area (Å²) < 4.78 is 5.15. The highest BCUT2D eigenvalue weighted by Gasteiger charge is 2.12. The minimum absolute atomic E-state index is 0.905. The Morgan fingerprint density at radius 1 is 1.09 bits per heavy atom. The van der Waals surface area contributed by atoms with E-state index in [0.29, 0.717) is 0 Å². The summed E-state index contributed by atoms with van der Waals surface area (Å²) in [4.78, 5) is 18.2. The first kappa shape index (κ1) is 19.0. The highest BCUT2D eigenvalue weighted by Crippen LogP contribution is 2.22. The Hall–Kier alpha value is -2.08. The van der Waals surface area contributed by atoms with Crippen LogP contribution in [0.1, 0.15) is 37.7 Å². The second-order valence-electron chi connectivity index (χ2n) is 5.59. The van der Waals surface area contributed by atoms with Crippen LogP contribution >= 0.6 is 0 Å². The van der Waals surface area contributed by atoms with Gasteiger partial charge in [-0.2, -0.15) is 0 Å². The average molecular weight is 323 g/mol. The molecule has 0 radical (unpaired) electrons. The van der Waals surface area contributed by atoms with Crippen LogP contribution < -0.4 is 10.1 Å². The van der Waals surface area contributed by atoms with Crippen LogP contribution in [-0.4, -0.2) is 35.8 Å². The summed E-state index contributed by atoms with van der Waals surface area (Å²) in [6.07, 6.45) is 7.12. The van der Waals surface area contributed by atoms with E-state index in [1.54, 1.807) is 7.11 Å². The van der Waals surface area contributed by atoms with Gasteiger partial charge in [-0.3, -0.25) is 0 Å². The fourth-order valence-corrected chi connectivity index (χ4v) is 2.56. The van der Waals surface area contributed by atoms with E-state index in [0.717, 1.165) is 18.2 Å². The molecule has 0 aromatic heterocycles. The largest absolute Gasteiger partial charge is 0.497 e. The number of hydrogen-bond donors (Lipinski definition) is 3. The highest BCUT2D eigenvalue weighted by atomic mass is 16.5. The molecular formula is C17H25NO5. The molecule has 0 bridgehead atoms. The summed E-state index contributed by atoms with van der Waals surface area (Å²) in [6, 6.07) is 8.31. The Balaban J connectivity index is 0.000000379. The fraction of sp³-hybridized carbons (Fsp3) is 0.529. The molecule has 0 amide bonds. The molecule has 0 atom stereocenters. The number of carboxylic acids is 2. The maximum absolute atomic E-state index is 9.10. The third-order valence-electron chi connectivity index (χ3n) is 3.83. The van der Waals surface area contributed by atoms with Crippen molar-refractivity contribution in [3.8, 4) is 5.75 Å². The van der Waals surface area contributed by atoms with Crippen molar-refractivity contribution in [2.24, 2.45) is 5.92 Å². The van der Waals surface area contributed by atoms with Crippen molar-refractivity contribution in [2.75, 3.05) is 13.7 Å². The van der Waals surface area contributed by atoms with Crippen molar-refractivity contribution in [1.82, 2.24) is 5.32 Å². The third kappa shape index (κ3) is 8.21. The number of benzene rings is 1. The highest BCUT2D eigenvalue weighted by molar-refractivity contribution is 6.27. The number of carbonyl (C=O) groups is 2. The van der Waals surface area contributed by atoms with Gasteiger partial charge < -0.3 is 20.3 Å². The quantitative estimate of drug-likeness (QED) is 0.721. The molecule has 1 aliphatic carbocycles. The Bertz CT molecular complexity index is 468. The van der Waals surface area contributed by atoms with Gasteiger partial charge in [0.1, 0.15) is 5.75 Å². The monoisotopic (exact) mass is 323 g/mol. The maximum atomic E-state index is 9.10. The average Bonchev–Trinajstić information content (AvgIpc) is 2.57. The Kier molecular flexibility index (Phi) is 8.75. The molecule has 128 valence electrons. The lowest BCUT2D eigenvalue weighted by molar-refractivity contribution is -0.159. The molecule has 0 aliphatic heterocycles. The number of nitrogens with one attached hydrogen (secondary N) is 1. The predicted molar refractivity (Wildman–Crippen MR) is 86.5 cm³/mol. The van der Waals surface area contributed by atoms with Gasteiger partial charge in [-0.15, -0.1) is 0 Å². The second kappa shape index (κ2) is 10.6. The molecule has 1 saturated carbocycles.